The van der Waals surface area contributed by atoms with Gasteiger partial charge in [0.15, 0.2) is 0 Å². The first-order valence-electron chi connectivity index (χ1n) is 7.68. The number of nitrogen functional groups attached to an aromatic ring is 1. The SMILES string of the molecule is Cc1oc(-c2ccccc2)nc1COC(=O)c1ccc(N)c([N+](=O)[O-])c1. The summed E-state index contributed by atoms with van der Waals surface area (Å²) in [6.45, 7) is 1.61. The number of benzene rings is 2. The lowest BCUT2D eigenvalue weighted by atomic mass is 10.2. The topological polar surface area (TPSA) is 121 Å². The summed E-state index contributed by atoms with van der Waals surface area (Å²) in [5, 5.41) is 10.9. The van der Waals surface area contributed by atoms with Crippen LogP contribution in [0.4, 0.5) is 11.4 Å². The minimum atomic E-state index is -0.711. The molecule has 0 bridgehead atoms. The Labute approximate surface area is 148 Å². The highest BCUT2D eigenvalue weighted by Crippen LogP contribution is 2.24. The second-order valence-corrected chi connectivity index (χ2v) is 5.49. The molecular weight excluding hydrogens is 338 g/mol. The Hall–Kier alpha value is -3.68. The number of nitro benzene ring substituents is 1. The van der Waals surface area contributed by atoms with Gasteiger partial charge in [0, 0.05) is 11.6 Å². The number of nitrogens with two attached hydrogens (primary N) is 1. The van der Waals surface area contributed by atoms with E-state index in [2.05, 4.69) is 4.98 Å². The van der Waals surface area contributed by atoms with Crippen LogP contribution in [-0.2, 0) is 11.3 Å². The normalized spacial score (nSPS) is 10.5. The van der Waals surface area contributed by atoms with E-state index in [0.29, 0.717) is 17.3 Å². The molecule has 2 N–H and O–H groups in total. The van der Waals surface area contributed by atoms with Crippen molar-refractivity contribution in [3.8, 4) is 11.5 Å². The summed E-state index contributed by atoms with van der Waals surface area (Å²) in [6, 6.07) is 13.1. The molecule has 0 spiro atoms. The van der Waals surface area contributed by atoms with E-state index in [1.807, 2.05) is 30.3 Å². The van der Waals surface area contributed by atoms with Crippen molar-refractivity contribution in [2.75, 3.05) is 5.73 Å². The van der Waals surface area contributed by atoms with Crippen LogP contribution in [0.3, 0.4) is 0 Å². The largest absolute Gasteiger partial charge is 0.455 e. The average molecular weight is 353 g/mol. The summed E-state index contributed by atoms with van der Waals surface area (Å²) >= 11 is 0. The highest BCUT2D eigenvalue weighted by atomic mass is 16.6. The van der Waals surface area contributed by atoms with E-state index in [1.54, 1.807) is 6.92 Å². The van der Waals surface area contributed by atoms with Crippen molar-refractivity contribution in [3.05, 3.63) is 75.7 Å². The molecule has 26 heavy (non-hydrogen) atoms. The smallest absolute Gasteiger partial charge is 0.338 e. The van der Waals surface area contributed by atoms with Crippen molar-refractivity contribution < 1.29 is 18.9 Å². The Bertz CT molecular complexity index is 966. The predicted octanol–water partition coefficient (Wildman–Crippen LogP) is 3.50. The molecule has 0 aliphatic carbocycles. The van der Waals surface area contributed by atoms with E-state index < -0.39 is 10.9 Å². The standard InChI is InChI=1S/C18H15N3O5/c1-11-15(20-17(26-11)12-5-3-2-4-6-12)10-25-18(22)13-7-8-14(19)16(9-13)21(23)24/h2-9H,10,19H2,1H3. The van der Waals surface area contributed by atoms with Crippen LogP contribution in [0.5, 0.6) is 0 Å². The van der Waals surface area contributed by atoms with Gasteiger partial charge in [-0.05, 0) is 31.2 Å². The molecule has 0 aliphatic rings. The van der Waals surface area contributed by atoms with Crippen LogP contribution in [-0.4, -0.2) is 15.9 Å². The first kappa shape index (κ1) is 17.2. The quantitative estimate of drug-likeness (QED) is 0.322. The molecule has 0 aliphatic heterocycles. The lowest BCUT2D eigenvalue weighted by Gasteiger charge is -2.04. The van der Waals surface area contributed by atoms with Crippen LogP contribution in [0.25, 0.3) is 11.5 Å². The van der Waals surface area contributed by atoms with E-state index in [-0.39, 0.29) is 23.5 Å². The van der Waals surface area contributed by atoms with Crippen molar-refractivity contribution in [3.63, 3.8) is 0 Å². The van der Waals surface area contributed by atoms with Gasteiger partial charge in [0.1, 0.15) is 23.7 Å². The first-order chi connectivity index (χ1) is 12.5. The van der Waals surface area contributed by atoms with Gasteiger partial charge in [-0.2, -0.15) is 0 Å². The summed E-state index contributed by atoms with van der Waals surface area (Å²) < 4.78 is 10.8. The maximum absolute atomic E-state index is 12.1. The van der Waals surface area contributed by atoms with E-state index >= 15 is 0 Å². The first-order valence-corrected chi connectivity index (χ1v) is 7.68. The van der Waals surface area contributed by atoms with Crippen LogP contribution >= 0.6 is 0 Å². The fraction of sp³-hybridized carbons (Fsp3) is 0.111. The zero-order valence-corrected chi connectivity index (χ0v) is 13.8. The van der Waals surface area contributed by atoms with Crippen LogP contribution in [0, 0.1) is 17.0 Å². The molecule has 0 fully saturated rings. The van der Waals surface area contributed by atoms with Gasteiger partial charge in [-0.1, -0.05) is 18.2 Å². The van der Waals surface area contributed by atoms with Gasteiger partial charge in [0.2, 0.25) is 5.89 Å². The molecule has 0 saturated carbocycles. The number of anilines is 1. The molecule has 0 radical (unpaired) electrons. The Morgan fingerprint density at radius 2 is 2.00 bits per heavy atom. The minimum absolute atomic E-state index is 0.0219. The van der Waals surface area contributed by atoms with Gasteiger partial charge in [0.05, 0.1) is 10.5 Å². The van der Waals surface area contributed by atoms with Crippen LogP contribution in [0.1, 0.15) is 21.8 Å². The van der Waals surface area contributed by atoms with Crippen molar-refractivity contribution in [1.29, 1.82) is 0 Å². The third-order valence-electron chi connectivity index (χ3n) is 3.72. The number of nitrogens with zero attached hydrogens (tertiary/aromatic N) is 2. The molecule has 132 valence electrons. The van der Waals surface area contributed by atoms with Crippen molar-refractivity contribution in [2.45, 2.75) is 13.5 Å². The summed E-state index contributed by atoms with van der Waals surface area (Å²) in [5.74, 6) is 0.244. The highest BCUT2D eigenvalue weighted by molar-refractivity contribution is 5.91. The fourth-order valence-corrected chi connectivity index (χ4v) is 2.31. The molecule has 0 amide bonds. The molecule has 0 saturated heterocycles. The Morgan fingerprint density at radius 3 is 2.69 bits per heavy atom. The number of rotatable bonds is 5. The monoisotopic (exact) mass is 353 g/mol. The summed E-state index contributed by atoms with van der Waals surface area (Å²) in [7, 11) is 0. The Balaban J connectivity index is 1.73. The number of oxazole rings is 1. The summed E-state index contributed by atoms with van der Waals surface area (Å²) in [6.07, 6.45) is 0. The fourth-order valence-electron chi connectivity index (χ4n) is 2.31. The second kappa shape index (κ2) is 7.06. The summed E-state index contributed by atoms with van der Waals surface area (Å²) in [5.41, 5.74) is 6.47. The zero-order valence-electron chi connectivity index (χ0n) is 13.8. The van der Waals surface area contributed by atoms with Crippen molar-refractivity contribution in [2.24, 2.45) is 0 Å². The van der Waals surface area contributed by atoms with Gasteiger partial charge in [-0.3, -0.25) is 10.1 Å². The number of carbonyl (C=O) groups excluding carboxylic acids is 1. The molecular formula is C18H15N3O5. The molecule has 3 aromatic rings. The Morgan fingerprint density at radius 1 is 1.27 bits per heavy atom. The number of ether oxygens (including phenoxy) is 1. The number of carbonyl (C=O) groups is 1. The number of aryl methyl sites for hydroxylation is 1. The number of hydrogen-bond donors (Lipinski definition) is 1. The van der Waals surface area contributed by atoms with Crippen molar-refractivity contribution in [1.82, 2.24) is 4.98 Å². The zero-order chi connectivity index (χ0) is 18.7. The van der Waals surface area contributed by atoms with Crippen LogP contribution in [0.15, 0.2) is 52.9 Å². The van der Waals surface area contributed by atoms with Crippen molar-refractivity contribution >= 4 is 17.3 Å². The molecule has 8 heteroatoms. The number of hydrogen-bond acceptors (Lipinski definition) is 7. The number of nitro groups is 1. The predicted molar refractivity (Wildman–Crippen MR) is 93.3 cm³/mol. The molecule has 1 aromatic heterocycles. The second-order valence-electron chi connectivity index (χ2n) is 5.49. The minimum Gasteiger partial charge on any atom is -0.455 e. The Kier molecular flexibility index (Phi) is 4.66. The van der Waals surface area contributed by atoms with Gasteiger partial charge in [-0.25, -0.2) is 9.78 Å². The van der Waals surface area contributed by atoms with Gasteiger partial charge < -0.3 is 14.9 Å². The van der Waals surface area contributed by atoms with Gasteiger partial charge in [-0.15, -0.1) is 0 Å². The van der Waals surface area contributed by atoms with E-state index in [1.165, 1.54) is 12.1 Å². The third-order valence-corrected chi connectivity index (χ3v) is 3.72. The molecule has 2 aromatic carbocycles. The van der Waals surface area contributed by atoms with Gasteiger partial charge in [0.25, 0.3) is 5.69 Å². The van der Waals surface area contributed by atoms with E-state index in [9.17, 15) is 14.9 Å². The van der Waals surface area contributed by atoms with E-state index in [4.69, 9.17) is 14.9 Å². The lowest BCUT2D eigenvalue weighted by molar-refractivity contribution is -0.383. The number of aromatic nitrogens is 1. The van der Waals surface area contributed by atoms with Crippen LogP contribution < -0.4 is 5.73 Å². The molecule has 3 rings (SSSR count). The lowest BCUT2D eigenvalue weighted by Crippen LogP contribution is -2.07. The maximum Gasteiger partial charge on any atom is 0.338 e. The van der Waals surface area contributed by atoms with Crippen LogP contribution in [0.2, 0.25) is 0 Å². The molecule has 1 heterocycles. The third kappa shape index (κ3) is 3.54. The average Bonchev–Trinajstić information content (AvgIpc) is 3.01. The molecule has 0 atom stereocenters. The number of esters is 1. The highest BCUT2D eigenvalue weighted by Gasteiger charge is 2.18. The maximum atomic E-state index is 12.1. The van der Waals surface area contributed by atoms with E-state index in [0.717, 1.165) is 11.6 Å². The summed E-state index contributed by atoms with van der Waals surface area (Å²) in [4.78, 5) is 26.7. The molecule has 0 unspecified atom stereocenters. The van der Waals surface area contributed by atoms with Gasteiger partial charge >= 0.3 is 5.97 Å². The molecule has 8 nitrogen and oxygen atoms in total.